The molecule has 4 heterocycles. The Morgan fingerprint density at radius 1 is 0.865 bits per heavy atom. The predicted molar refractivity (Wildman–Crippen MR) is 344 cm³/mol. The number of ketones is 2. The largest absolute Gasteiger partial charge is 0.495 e. The van der Waals surface area contributed by atoms with Gasteiger partial charge in [0, 0.05) is 108 Å². The number of para-hydroxylation sites is 1. The summed E-state index contributed by atoms with van der Waals surface area (Å²) in [6.45, 7) is 9.14. The van der Waals surface area contributed by atoms with Crippen molar-refractivity contribution in [3.63, 3.8) is 0 Å². The maximum Gasteiger partial charge on any atom is 0.409 e. The summed E-state index contributed by atoms with van der Waals surface area (Å²) < 4.78 is 40.9. The highest BCUT2D eigenvalue weighted by Crippen LogP contribution is 2.49. The molecule has 0 radical (unpaired) electrons. The number of methoxy groups -OCH3 is 2. The molecule has 4 aliphatic heterocycles. The average Bonchev–Trinajstić information content (AvgIpc) is 1.59. The van der Waals surface area contributed by atoms with Crippen LogP contribution in [0.5, 0.6) is 5.75 Å². The van der Waals surface area contributed by atoms with Crippen LogP contribution >= 0.6 is 33.2 Å². The molecule has 22 heteroatoms. The van der Waals surface area contributed by atoms with E-state index in [1.165, 1.54) is 52.7 Å². The van der Waals surface area contributed by atoms with Gasteiger partial charge in [-0.25, -0.2) is 9.59 Å². The number of unbranched alkanes of at least 4 members (excludes halogenated alkanes) is 1. The molecule has 0 spiro atoms. The number of esters is 1. The number of amides is 4. The molecular formula is C67H85ClN4O15S2. The second-order valence-electron chi connectivity index (χ2n) is 23.2. The smallest absolute Gasteiger partial charge is 0.409 e. The van der Waals surface area contributed by atoms with Gasteiger partial charge in [0.1, 0.15) is 52.3 Å². The number of hydrogen-bond acceptors (Lipinski definition) is 17. The number of Topliss-reactive ketones (excluding diaryl/α,β-unsaturated/α-hetero) is 2. The minimum absolute atomic E-state index is 0.0288. The van der Waals surface area contributed by atoms with Crippen molar-refractivity contribution in [3.05, 3.63) is 112 Å². The van der Waals surface area contributed by atoms with Crippen molar-refractivity contribution >= 4 is 85.9 Å². The van der Waals surface area contributed by atoms with Crippen LogP contribution in [-0.2, 0) is 70.2 Å². The van der Waals surface area contributed by atoms with Crippen LogP contribution in [0, 0.1) is 17.8 Å². The normalized spacial score (nSPS) is 23.6. The summed E-state index contributed by atoms with van der Waals surface area (Å²) in [5, 5.41) is 14.6. The molecule has 0 aromatic heterocycles. The van der Waals surface area contributed by atoms with E-state index in [9.17, 15) is 38.7 Å². The first-order valence-corrected chi connectivity index (χ1v) is 33.3. The second-order valence-corrected chi connectivity index (χ2v) is 26.2. The van der Waals surface area contributed by atoms with Crippen LogP contribution in [0.3, 0.4) is 0 Å². The molecule has 482 valence electrons. The molecule has 4 amide bonds. The zero-order valence-electron chi connectivity index (χ0n) is 52.3. The number of alkyl carbamates (subject to hydrolysis) is 1. The summed E-state index contributed by atoms with van der Waals surface area (Å²) in [5.74, 6) is 5.92. The van der Waals surface area contributed by atoms with E-state index in [2.05, 4.69) is 17.2 Å². The van der Waals surface area contributed by atoms with Gasteiger partial charge in [0.15, 0.2) is 5.72 Å². The van der Waals surface area contributed by atoms with Crippen LogP contribution in [0.2, 0.25) is 5.02 Å². The Morgan fingerprint density at radius 2 is 1.53 bits per heavy atom. The minimum atomic E-state index is -1.86. The van der Waals surface area contributed by atoms with E-state index >= 15 is 0 Å². The number of nitrogens with zero attached hydrogens (tertiary/aromatic N) is 3. The fourth-order valence-electron chi connectivity index (χ4n) is 11.0. The van der Waals surface area contributed by atoms with Crippen molar-refractivity contribution in [1.82, 2.24) is 10.2 Å². The first-order valence-electron chi connectivity index (χ1n) is 30.4. The van der Waals surface area contributed by atoms with Gasteiger partial charge in [0.05, 0.1) is 50.8 Å². The van der Waals surface area contributed by atoms with E-state index in [1.807, 2.05) is 61.5 Å². The second kappa shape index (κ2) is 33.7. The van der Waals surface area contributed by atoms with E-state index in [4.69, 9.17) is 44.8 Å². The number of carbonyl (C=O) groups excluding carboxylic acids is 7. The molecule has 7 rings (SSSR count). The number of hydrogen-bond donors (Lipinski definition) is 2. The third-order valence-corrected chi connectivity index (χ3v) is 19.4. The molecule has 4 bridgehead atoms. The Hall–Kier alpha value is -6.22. The van der Waals surface area contributed by atoms with Gasteiger partial charge in [-0.1, -0.05) is 106 Å². The molecule has 1 unspecified atom stereocenters. The number of fused-ring (bicyclic) bond motifs is 7. The third-order valence-electron chi connectivity index (χ3n) is 16.6. The lowest BCUT2D eigenvalue weighted by molar-refractivity contribution is -0.162. The Morgan fingerprint density at radius 3 is 2.27 bits per heavy atom. The Kier molecular flexibility index (Phi) is 26.6. The number of ether oxygens (including phenoxy) is 7. The third kappa shape index (κ3) is 19.6. The number of aliphatic hydroxyl groups is 1. The fraction of sp³-hybridized carbons (Fsp3) is 0.537. The number of allylic oxidation sites excluding steroid dienone is 3. The topological polar surface area (TPSA) is 229 Å². The monoisotopic (exact) mass is 1280 g/mol. The fourth-order valence-corrected chi connectivity index (χ4v) is 13.4. The highest BCUT2D eigenvalue weighted by Gasteiger charge is 2.64. The van der Waals surface area contributed by atoms with Gasteiger partial charge in [-0.05, 0) is 94.3 Å². The summed E-state index contributed by atoms with van der Waals surface area (Å²) >= 11 is 6.83. The standard InChI is InChI=1S/C67H85ClN4O15S2/c1-44-18-15-26-57(82-8)67(80)42-56(85-65(79)69-67)45(2)63-66(4,87-63)58(41-61(77)71(6)54-39-47(38-44)40-55(81-7)62(54)68)86-64(78)46(3)70(5)59(75)31-37-89-88-36-30-52(74)24-17-33-84-35-34-83-32-14-13-22-51(73)23-16-27-60(76)72-43-50-21-10-9-19-48(50)28-29-49-20-11-12-25-53(49)72/h9-12,15,18-21,25-26,39-40,45-46,56-58,63,80H,13-14,16-17,22-24,27,30-38,41-43H2,1-8H3,(H,69,79)/b26-15+,44-18+/t45-,46+,56+,57-,58?,63+,66+,67+/m1/s1. The van der Waals surface area contributed by atoms with Gasteiger partial charge in [0.25, 0.3) is 0 Å². The zero-order valence-corrected chi connectivity index (χ0v) is 54.7. The van der Waals surface area contributed by atoms with Gasteiger partial charge in [0.2, 0.25) is 17.7 Å². The molecule has 89 heavy (non-hydrogen) atoms. The lowest BCUT2D eigenvalue weighted by Gasteiger charge is -2.42. The number of carbonyl (C=O) groups is 7. The Labute approximate surface area is 536 Å². The highest BCUT2D eigenvalue weighted by molar-refractivity contribution is 8.76. The first-order chi connectivity index (χ1) is 42.7. The van der Waals surface area contributed by atoms with Crippen LogP contribution in [0.1, 0.15) is 127 Å². The highest BCUT2D eigenvalue weighted by atomic mass is 35.5. The number of rotatable bonds is 28. The zero-order chi connectivity index (χ0) is 64.3. The molecule has 4 aliphatic rings. The maximum absolute atomic E-state index is 14.4. The lowest BCUT2D eigenvalue weighted by Crippen LogP contribution is -2.63. The molecule has 2 N–H and O–H groups in total. The summed E-state index contributed by atoms with van der Waals surface area (Å²) in [6, 6.07) is 18.0. The molecule has 2 fully saturated rings. The molecule has 19 nitrogen and oxygen atoms in total. The SMILES string of the molecule is COc1cc2cc(c1Cl)N(C)C(=O)CC(OC(=O)[C@H](C)N(C)C(=O)CCSSCCC(=O)CCCOCCOCCCCC(=O)CCCC(=O)N1Cc3ccccc3C#Cc3ccccc31)[C@]1(C)O[C@H]1[C@H](C)[C@@H]1C[C@@](O)(NC(=O)O1)[C@H](OC)/C=C/C=C(\C)C2. The summed E-state index contributed by atoms with van der Waals surface area (Å²) in [6.07, 6.45) is 5.07. The lowest BCUT2D eigenvalue weighted by atomic mass is 9.83. The first kappa shape index (κ1) is 70.2. The van der Waals surface area contributed by atoms with Crippen molar-refractivity contribution in [3.8, 4) is 17.6 Å². The summed E-state index contributed by atoms with van der Waals surface area (Å²) in [5.41, 5.74) is 2.41. The number of epoxide rings is 1. The summed E-state index contributed by atoms with van der Waals surface area (Å²) in [4.78, 5) is 98.1. The maximum atomic E-state index is 14.4. The molecule has 3 aromatic carbocycles. The van der Waals surface area contributed by atoms with E-state index in [0.717, 1.165) is 39.9 Å². The van der Waals surface area contributed by atoms with Crippen LogP contribution in [-0.4, -0.2) is 159 Å². The minimum Gasteiger partial charge on any atom is -0.495 e. The number of halogens is 1. The molecule has 0 aliphatic carbocycles. The molecular weight excluding hydrogens is 1200 g/mol. The van der Waals surface area contributed by atoms with Gasteiger partial charge < -0.3 is 53.0 Å². The van der Waals surface area contributed by atoms with Crippen molar-refractivity contribution in [2.75, 3.05) is 76.0 Å². The summed E-state index contributed by atoms with van der Waals surface area (Å²) in [7, 11) is 8.94. The number of benzene rings is 3. The van der Waals surface area contributed by atoms with E-state index < -0.39 is 65.7 Å². The molecule has 8 atom stereocenters. The van der Waals surface area contributed by atoms with Crippen molar-refractivity contribution in [2.45, 2.75) is 159 Å². The Bertz CT molecular complexity index is 3130. The van der Waals surface area contributed by atoms with E-state index in [0.29, 0.717) is 107 Å². The van der Waals surface area contributed by atoms with Gasteiger partial charge in [-0.3, -0.25) is 29.3 Å². The van der Waals surface area contributed by atoms with Gasteiger partial charge >= 0.3 is 12.1 Å². The van der Waals surface area contributed by atoms with Crippen molar-refractivity contribution < 1.29 is 71.8 Å². The number of nitrogens with one attached hydrogen (secondary N) is 1. The quantitative estimate of drug-likeness (QED) is 0.0226. The van der Waals surface area contributed by atoms with Crippen LogP contribution in [0.15, 0.2) is 84.5 Å². The van der Waals surface area contributed by atoms with Crippen molar-refractivity contribution in [1.29, 1.82) is 0 Å². The van der Waals surface area contributed by atoms with E-state index in [-0.39, 0.29) is 54.1 Å². The van der Waals surface area contributed by atoms with Crippen LogP contribution < -0.4 is 19.9 Å². The average molecular weight is 1290 g/mol. The molecule has 0 saturated carbocycles. The molecule has 2 saturated heterocycles. The van der Waals surface area contributed by atoms with Crippen LogP contribution in [0.25, 0.3) is 0 Å². The van der Waals surface area contributed by atoms with Crippen molar-refractivity contribution in [2.24, 2.45) is 5.92 Å². The van der Waals surface area contributed by atoms with E-state index in [1.54, 1.807) is 57.0 Å². The number of likely N-dealkylation sites (N-methyl/N-ethyl adjacent to an activating group) is 1. The van der Waals surface area contributed by atoms with Crippen LogP contribution in [0.4, 0.5) is 16.2 Å². The van der Waals surface area contributed by atoms with Gasteiger partial charge in [-0.15, -0.1) is 0 Å². The predicted octanol–water partition coefficient (Wildman–Crippen LogP) is 9.91. The van der Waals surface area contributed by atoms with Gasteiger partial charge in [-0.2, -0.15) is 0 Å². The Balaban J connectivity index is 0.770. The molecule has 3 aromatic rings. The number of anilines is 2.